The van der Waals surface area contributed by atoms with Crippen molar-refractivity contribution in [2.75, 3.05) is 11.1 Å². The molecule has 0 spiro atoms. The normalized spacial score (nSPS) is 11.5. The number of anilines is 1. The van der Waals surface area contributed by atoms with Crippen molar-refractivity contribution in [3.63, 3.8) is 0 Å². The molecule has 0 aliphatic rings. The number of alkyl halides is 3. The van der Waals surface area contributed by atoms with Crippen LogP contribution in [0, 0.1) is 6.92 Å². The van der Waals surface area contributed by atoms with Crippen molar-refractivity contribution in [3.8, 4) is 11.4 Å². The Morgan fingerprint density at radius 1 is 1.14 bits per heavy atom. The number of nitrogens with one attached hydrogen (secondary N) is 1. The fourth-order valence-electron chi connectivity index (χ4n) is 2.63. The molecule has 5 nitrogen and oxygen atoms in total. The highest BCUT2D eigenvalue weighted by molar-refractivity contribution is 7.99. The number of hydrogen-bond donors (Lipinski definition) is 1. The summed E-state index contributed by atoms with van der Waals surface area (Å²) in [6.45, 7) is 1.97. The van der Waals surface area contributed by atoms with E-state index in [2.05, 4.69) is 15.5 Å². The van der Waals surface area contributed by atoms with Crippen LogP contribution in [0.1, 0.15) is 11.1 Å². The molecule has 28 heavy (non-hydrogen) atoms. The summed E-state index contributed by atoms with van der Waals surface area (Å²) >= 11 is 1.10. The van der Waals surface area contributed by atoms with Gasteiger partial charge < -0.3 is 9.88 Å². The van der Waals surface area contributed by atoms with Crippen LogP contribution in [-0.4, -0.2) is 26.4 Å². The van der Waals surface area contributed by atoms with Gasteiger partial charge in [-0.2, -0.15) is 13.2 Å². The van der Waals surface area contributed by atoms with Crippen LogP contribution in [0.25, 0.3) is 11.4 Å². The van der Waals surface area contributed by atoms with Crippen molar-refractivity contribution in [1.82, 2.24) is 14.8 Å². The van der Waals surface area contributed by atoms with E-state index in [4.69, 9.17) is 0 Å². The summed E-state index contributed by atoms with van der Waals surface area (Å²) in [4.78, 5) is 12.1. The third-order valence-corrected chi connectivity index (χ3v) is 4.97. The van der Waals surface area contributed by atoms with Crippen LogP contribution in [0.15, 0.2) is 53.7 Å². The Hall–Kier alpha value is -2.81. The van der Waals surface area contributed by atoms with Crippen molar-refractivity contribution in [3.05, 3.63) is 59.7 Å². The molecule has 0 saturated carbocycles. The Morgan fingerprint density at radius 3 is 2.61 bits per heavy atom. The second-order valence-corrected chi connectivity index (χ2v) is 7.06. The zero-order valence-electron chi connectivity index (χ0n) is 15.1. The molecule has 0 fully saturated rings. The maximum absolute atomic E-state index is 13.0. The maximum atomic E-state index is 13.0. The first kappa shape index (κ1) is 19.9. The van der Waals surface area contributed by atoms with Crippen LogP contribution >= 0.6 is 11.8 Å². The van der Waals surface area contributed by atoms with Gasteiger partial charge in [0.1, 0.15) is 0 Å². The average molecular weight is 406 g/mol. The van der Waals surface area contributed by atoms with Gasteiger partial charge in [0.2, 0.25) is 5.91 Å². The number of aromatic nitrogens is 3. The molecule has 0 aliphatic heterocycles. The number of thioether (sulfide) groups is 1. The van der Waals surface area contributed by atoms with E-state index < -0.39 is 17.6 Å². The molecule has 1 heterocycles. The van der Waals surface area contributed by atoms with Crippen LogP contribution < -0.4 is 5.32 Å². The molecule has 0 unspecified atom stereocenters. The van der Waals surface area contributed by atoms with Crippen molar-refractivity contribution in [2.24, 2.45) is 7.05 Å². The molecule has 2 aromatic carbocycles. The Kier molecular flexibility index (Phi) is 5.73. The van der Waals surface area contributed by atoms with E-state index in [0.29, 0.717) is 11.0 Å². The second kappa shape index (κ2) is 8.05. The highest BCUT2D eigenvalue weighted by Gasteiger charge is 2.33. The van der Waals surface area contributed by atoms with Crippen molar-refractivity contribution in [1.29, 1.82) is 0 Å². The van der Waals surface area contributed by atoms with Gasteiger partial charge in [-0.3, -0.25) is 4.79 Å². The molecule has 1 amide bonds. The van der Waals surface area contributed by atoms with E-state index in [9.17, 15) is 18.0 Å². The summed E-state index contributed by atoms with van der Waals surface area (Å²) in [6.07, 6.45) is -4.54. The Labute approximate surface area is 164 Å². The number of carbonyl (C=O) groups excluding carboxylic acids is 1. The van der Waals surface area contributed by atoms with Gasteiger partial charge in [-0.15, -0.1) is 10.2 Å². The largest absolute Gasteiger partial charge is 0.418 e. The molecule has 146 valence electrons. The lowest BCUT2D eigenvalue weighted by Crippen LogP contribution is -2.18. The molecular formula is C19H17F3N4OS. The van der Waals surface area contributed by atoms with Crippen molar-refractivity contribution >= 4 is 23.4 Å². The fraction of sp³-hybridized carbons (Fsp3) is 0.211. The van der Waals surface area contributed by atoms with E-state index in [-0.39, 0.29) is 11.4 Å². The third-order valence-electron chi connectivity index (χ3n) is 3.95. The lowest BCUT2D eigenvalue weighted by Gasteiger charge is -2.13. The van der Waals surface area contributed by atoms with E-state index in [1.165, 1.54) is 18.2 Å². The molecule has 3 rings (SSSR count). The number of aryl methyl sites for hydroxylation is 1. The third kappa shape index (κ3) is 4.53. The smallest absolute Gasteiger partial charge is 0.325 e. The van der Waals surface area contributed by atoms with Crippen molar-refractivity contribution in [2.45, 2.75) is 18.3 Å². The minimum atomic E-state index is -4.54. The summed E-state index contributed by atoms with van der Waals surface area (Å²) in [5.74, 6) is 0.00207. The monoisotopic (exact) mass is 406 g/mol. The highest BCUT2D eigenvalue weighted by atomic mass is 32.2. The van der Waals surface area contributed by atoms with E-state index in [1.807, 2.05) is 31.2 Å². The minimum Gasteiger partial charge on any atom is -0.325 e. The van der Waals surface area contributed by atoms with Gasteiger partial charge in [-0.25, -0.2) is 0 Å². The quantitative estimate of drug-likeness (QED) is 0.632. The number of rotatable bonds is 5. The second-order valence-electron chi connectivity index (χ2n) is 6.11. The van der Waals surface area contributed by atoms with Gasteiger partial charge in [0, 0.05) is 12.6 Å². The van der Waals surface area contributed by atoms with Crippen LogP contribution in [0.5, 0.6) is 0 Å². The van der Waals surface area contributed by atoms with E-state index in [0.717, 1.165) is 29.0 Å². The molecule has 9 heteroatoms. The predicted molar refractivity (Wildman–Crippen MR) is 102 cm³/mol. The van der Waals surface area contributed by atoms with Gasteiger partial charge in [0.05, 0.1) is 17.0 Å². The molecule has 1 N–H and O–H groups in total. The Bertz CT molecular complexity index is 1000. The summed E-state index contributed by atoms with van der Waals surface area (Å²) in [5, 5.41) is 11.0. The topological polar surface area (TPSA) is 59.8 Å². The number of nitrogens with zero attached hydrogens (tertiary/aromatic N) is 3. The maximum Gasteiger partial charge on any atom is 0.418 e. The number of amides is 1. The van der Waals surface area contributed by atoms with Gasteiger partial charge in [0.25, 0.3) is 0 Å². The molecular weight excluding hydrogens is 389 g/mol. The van der Waals surface area contributed by atoms with Gasteiger partial charge >= 0.3 is 6.18 Å². The number of carbonyl (C=O) groups is 1. The predicted octanol–water partition coefficient (Wildman–Crippen LogP) is 4.54. The first-order chi connectivity index (χ1) is 13.3. The Morgan fingerprint density at radius 2 is 1.89 bits per heavy atom. The highest BCUT2D eigenvalue weighted by Crippen LogP contribution is 2.34. The minimum absolute atomic E-state index is 0.0913. The number of halogens is 3. The fourth-order valence-corrected chi connectivity index (χ4v) is 3.34. The zero-order valence-corrected chi connectivity index (χ0v) is 15.9. The van der Waals surface area contributed by atoms with Crippen LogP contribution in [0.2, 0.25) is 0 Å². The molecule has 0 saturated heterocycles. The van der Waals surface area contributed by atoms with Gasteiger partial charge in [-0.05, 0) is 25.1 Å². The SMILES string of the molecule is Cc1cccc(-c2nnc(SCC(=O)Nc3ccccc3C(F)(F)F)n2C)c1. The van der Waals surface area contributed by atoms with Crippen LogP contribution in [0.4, 0.5) is 18.9 Å². The standard InChI is InChI=1S/C19H17F3N4OS/c1-12-6-5-7-13(10-12)17-24-25-18(26(17)2)28-11-16(27)23-15-9-4-3-8-14(15)19(20,21)22/h3-10H,11H2,1-2H3,(H,23,27). The average Bonchev–Trinajstić information content (AvgIpc) is 3.00. The van der Waals surface area contributed by atoms with E-state index in [1.54, 1.807) is 11.6 Å². The molecule has 0 bridgehead atoms. The first-order valence-electron chi connectivity index (χ1n) is 8.31. The zero-order chi connectivity index (χ0) is 20.3. The van der Waals surface area contributed by atoms with Gasteiger partial charge in [-0.1, -0.05) is 47.7 Å². The molecule has 0 radical (unpaired) electrons. The summed E-state index contributed by atoms with van der Waals surface area (Å²) in [6, 6.07) is 12.6. The van der Waals surface area contributed by atoms with Gasteiger partial charge in [0.15, 0.2) is 11.0 Å². The number of benzene rings is 2. The summed E-state index contributed by atoms with van der Waals surface area (Å²) in [7, 11) is 1.77. The number of hydrogen-bond acceptors (Lipinski definition) is 4. The lowest BCUT2D eigenvalue weighted by atomic mass is 10.1. The Balaban J connectivity index is 1.68. The van der Waals surface area contributed by atoms with Crippen molar-refractivity contribution < 1.29 is 18.0 Å². The molecule has 0 atom stereocenters. The summed E-state index contributed by atoms with van der Waals surface area (Å²) in [5.41, 5.74) is 0.829. The number of para-hydroxylation sites is 1. The molecule has 3 aromatic rings. The summed E-state index contributed by atoms with van der Waals surface area (Å²) < 4.78 is 40.8. The lowest BCUT2D eigenvalue weighted by molar-refractivity contribution is -0.137. The van der Waals surface area contributed by atoms with Crippen LogP contribution in [-0.2, 0) is 18.0 Å². The molecule has 0 aliphatic carbocycles. The molecule has 1 aromatic heterocycles. The van der Waals surface area contributed by atoms with E-state index >= 15 is 0 Å². The van der Waals surface area contributed by atoms with Crippen LogP contribution in [0.3, 0.4) is 0 Å². The first-order valence-corrected chi connectivity index (χ1v) is 9.29.